The predicted molar refractivity (Wildman–Crippen MR) is 151 cm³/mol. The summed E-state index contributed by atoms with van der Waals surface area (Å²) in [5.41, 5.74) is 4.07. The molecule has 0 aliphatic carbocycles. The van der Waals surface area contributed by atoms with Gasteiger partial charge in [0.25, 0.3) is 5.52 Å². The third-order valence-corrected chi connectivity index (χ3v) is 8.66. The summed E-state index contributed by atoms with van der Waals surface area (Å²) in [7, 11) is -4.39. The van der Waals surface area contributed by atoms with Crippen LogP contribution in [0.25, 0.3) is 39.1 Å². The molecule has 0 saturated heterocycles. The molecule has 0 bridgehead atoms. The molecule has 1 aromatic heterocycles. The minimum atomic E-state index is -4.39. The van der Waals surface area contributed by atoms with Crippen LogP contribution in [0.15, 0.2) is 99.3 Å². The number of anilines is 1. The van der Waals surface area contributed by atoms with Gasteiger partial charge in [-0.1, -0.05) is 72.4 Å². The second kappa shape index (κ2) is 12.0. The number of rotatable bonds is 8. The van der Waals surface area contributed by atoms with Crippen LogP contribution in [0.2, 0.25) is 0 Å². The van der Waals surface area contributed by atoms with Gasteiger partial charge in [0.1, 0.15) is 0 Å². The van der Waals surface area contributed by atoms with E-state index in [0.29, 0.717) is 16.5 Å². The average molecular weight is 595 g/mol. The molecule has 0 amide bonds. The Hall–Kier alpha value is -3.12. The van der Waals surface area contributed by atoms with Crippen LogP contribution in [0.1, 0.15) is 12.3 Å². The monoisotopic (exact) mass is 594 g/mol. The molecule has 1 aliphatic heterocycles. The Morgan fingerprint density at radius 1 is 0.976 bits per heavy atom. The van der Waals surface area contributed by atoms with Crippen molar-refractivity contribution in [1.29, 1.82) is 0 Å². The van der Waals surface area contributed by atoms with Crippen LogP contribution in [0.5, 0.6) is 0 Å². The first-order valence-electron chi connectivity index (χ1n) is 12.6. The topological polar surface area (TPSA) is 118 Å². The number of nitrogens with zero attached hydrogens (tertiary/aromatic N) is 2. The molecule has 11 heteroatoms. The largest absolute Gasteiger partial charge is 1.00 e. The summed E-state index contributed by atoms with van der Waals surface area (Å²) >= 11 is 1.41. The molecule has 8 nitrogen and oxygen atoms in total. The van der Waals surface area contributed by atoms with Gasteiger partial charge >= 0.3 is 35.4 Å². The zero-order chi connectivity index (χ0) is 27.9. The predicted octanol–water partition coefficient (Wildman–Crippen LogP) is 1.14. The third-order valence-electron chi connectivity index (χ3n) is 6.76. The van der Waals surface area contributed by atoms with E-state index >= 15 is 0 Å². The summed E-state index contributed by atoms with van der Waals surface area (Å²) < 4.78 is 42.1. The molecule has 0 atom stereocenters. The number of thioether (sulfide) groups is 1. The summed E-state index contributed by atoms with van der Waals surface area (Å²) in [5.74, 6) is -1.32. The van der Waals surface area contributed by atoms with E-state index in [1.807, 2.05) is 89.5 Å². The molecule has 5 aromatic rings. The van der Waals surface area contributed by atoms with Crippen molar-refractivity contribution < 1.29 is 61.4 Å². The van der Waals surface area contributed by atoms with Gasteiger partial charge < -0.3 is 23.8 Å². The maximum Gasteiger partial charge on any atom is 1.00 e. The van der Waals surface area contributed by atoms with Gasteiger partial charge in [0.15, 0.2) is 6.54 Å². The van der Waals surface area contributed by atoms with Crippen LogP contribution < -0.4 is 44.1 Å². The van der Waals surface area contributed by atoms with Gasteiger partial charge in [-0.25, -0.2) is 8.42 Å². The molecule has 41 heavy (non-hydrogen) atoms. The van der Waals surface area contributed by atoms with E-state index < -0.39 is 21.8 Å². The number of aryl methyl sites for hydroxylation is 1. The first kappa shape index (κ1) is 29.4. The number of carboxylic acids is 1. The Morgan fingerprint density at radius 2 is 1.73 bits per heavy atom. The van der Waals surface area contributed by atoms with Crippen molar-refractivity contribution in [1.82, 2.24) is 0 Å². The van der Waals surface area contributed by atoms with E-state index in [-0.39, 0.29) is 49.1 Å². The quantitative estimate of drug-likeness (QED) is 0.149. The molecule has 1 aliphatic rings. The zero-order valence-corrected chi connectivity index (χ0v) is 25.8. The summed E-state index contributed by atoms with van der Waals surface area (Å²) in [5, 5.41) is 14.3. The molecule has 202 valence electrons. The molecular formula is C30H23N2NaO6S2. The van der Waals surface area contributed by atoms with Gasteiger partial charge in [0.2, 0.25) is 5.58 Å². The fraction of sp³-hybridized carbons (Fsp3) is 0.133. The van der Waals surface area contributed by atoms with Gasteiger partial charge in [-0.3, -0.25) is 0 Å². The van der Waals surface area contributed by atoms with Gasteiger partial charge in [-0.2, -0.15) is 4.57 Å². The number of carboxylic acid groups (broad SMARTS) is 1. The molecule has 0 spiro atoms. The maximum atomic E-state index is 11.8. The van der Waals surface area contributed by atoms with Crippen molar-refractivity contribution in [2.45, 2.75) is 17.9 Å². The van der Waals surface area contributed by atoms with Crippen LogP contribution >= 0.6 is 11.8 Å². The summed E-state index contributed by atoms with van der Waals surface area (Å²) in [6, 6.07) is 27.3. The van der Waals surface area contributed by atoms with Crippen molar-refractivity contribution in [3.05, 3.63) is 95.8 Å². The molecule has 0 N–H and O–H groups in total. The van der Waals surface area contributed by atoms with E-state index in [1.165, 1.54) is 11.8 Å². The molecule has 4 aromatic carbocycles. The zero-order valence-electron chi connectivity index (χ0n) is 22.1. The number of hydrogen-bond acceptors (Lipinski definition) is 8. The molecule has 0 unspecified atom stereocenters. The third kappa shape index (κ3) is 6.23. The van der Waals surface area contributed by atoms with Crippen molar-refractivity contribution in [3.8, 4) is 11.1 Å². The van der Waals surface area contributed by atoms with Gasteiger partial charge in [0, 0.05) is 17.1 Å². The molecule has 0 radical (unpaired) electrons. The number of oxazole rings is 1. The number of benzene rings is 4. The van der Waals surface area contributed by atoms with E-state index in [2.05, 4.69) is 0 Å². The number of carbonyl (C=O) groups is 1. The van der Waals surface area contributed by atoms with Crippen LogP contribution in [-0.4, -0.2) is 31.2 Å². The summed E-state index contributed by atoms with van der Waals surface area (Å²) in [4.78, 5) is 14.4. The van der Waals surface area contributed by atoms with E-state index in [0.717, 1.165) is 38.0 Å². The van der Waals surface area contributed by atoms with Gasteiger partial charge in [0.05, 0.1) is 44.8 Å². The fourth-order valence-electron chi connectivity index (χ4n) is 5.02. The normalized spacial score (nSPS) is 14.0. The Kier molecular flexibility index (Phi) is 8.60. The Labute approximate surface area is 263 Å². The summed E-state index contributed by atoms with van der Waals surface area (Å²) in [6.07, 6.45) is 1.86. The SMILES string of the molecule is O=C([O-])CN1C(=Cc2oc3ccc4ccccc4c3[n+]2CCCS(=O)(=O)[O-])Sc2ccc(-c3ccccc3)cc21.[Na+]. The molecule has 2 heterocycles. The van der Waals surface area contributed by atoms with Crippen LogP contribution in [0, 0.1) is 0 Å². The Bertz CT molecular complexity index is 1910. The van der Waals surface area contributed by atoms with Gasteiger partial charge in [-0.05, 0) is 40.8 Å². The van der Waals surface area contributed by atoms with Gasteiger partial charge in [-0.15, -0.1) is 0 Å². The van der Waals surface area contributed by atoms with E-state index in [9.17, 15) is 22.9 Å². The Balaban J connectivity index is 0.00000337. The minimum absolute atomic E-state index is 0. The second-order valence-corrected chi connectivity index (χ2v) is 12.0. The second-order valence-electron chi connectivity index (χ2n) is 9.43. The average Bonchev–Trinajstić information content (AvgIpc) is 3.45. The minimum Gasteiger partial charge on any atom is -0.748 e. The Morgan fingerprint density at radius 3 is 2.49 bits per heavy atom. The van der Waals surface area contributed by atoms with Crippen molar-refractivity contribution in [3.63, 3.8) is 0 Å². The van der Waals surface area contributed by atoms with Crippen molar-refractivity contribution in [2.24, 2.45) is 0 Å². The van der Waals surface area contributed by atoms with E-state index in [1.54, 1.807) is 11.0 Å². The van der Waals surface area contributed by atoms with Crippen LogP contribution in [-0.2, 0) is 21.5 Å². The number of aliphatic carboxylic acids is 1. The summed E-state index contributed by atoms with van der Waals surface area (Å²) in [6.45, 7) is -0.139. The fourth-order valence-corrected chi connectivity index (χ4v) is 6.57. The standard InChI is InChI=1S/C30H24N2O6S2.Na/c33-29(34)19-32-24-17-22(20-7-2-1-3-8-20)12-14-26(24)39-28(32)18-27-31(15-6-16-40(35,36)37)30-23-10-5-4-9-21(23)11-13-25(30)38-27;/h1-5,7-14,17-18H,6,15-16,19H2,(H-,33,34,35,36,37);/q;+1/p-1. The first-order valence-corrected chi connectivity index (χ1v) is 15.0. The molecular weight excluding hydrogens is 571 g/mol. The van der Waals surface area contributed by atoms with E-state index in [4.69, 9.17) is 4.42 Å². The van der Waals surface area contributed by atoms with Crippen LogP contribution in [0.4, 0.5) is 5.69 Å². The molecule has 6 rings (SSSR count). The van der Waals surface area contributed by atoms with Crippen LogP contribution in [0.3, 0.4) is 0 Å². The van der Waals surface area contributed by atoms with Crippen molar-refractivity contribution in [2.75, 3.05) is 17.2 Å². The maximum absolute atomic E-state index is 11.8. The number of fused-ring (bicyclic) bond motifs is 4. The smallest absolute Gasteiger partial charge is 0.748 e. The first-order chi connectivity index (χ1) is 19.3. The number of carbonyl (C=O) groups excluding carboxylic acids is 1. The van der Waals surface area contributed by atoms with Crippen molar-refractivity contribution >= 4 is 61.5 Å². The molecule has 0 saturated carbocycles. The molecule has 0 fully saturated rings. The number of aromatic nitrogens is 1. The number of hydrogen-bond donors (Lipinski definition) is 0.